The number of aryl methyl sites for hydroxylation is 2. The molecule has 1 aromatic heterocycles. The van der Waals surface area contributed by atoms with Crippen LogP contribution in [-0.4, -0.2) is 74.6 Å². The second kappa shape index (κ2) is 17.3. The van der Waals surface area contributed by atoms with Gasteiger partial charge >= 0.3 is 0 Å². The fraction of sp³-hybridized carbons (Fsp3) is 0.471. The van der Waals surface area contributed by atoms with Crippen LogP contribution in [0, 0.1) is 13.8 Å². The van der Waals surface area contributed by atoms with Crippen molar-refractivity contribution in [1.82, 2.24) is 20.1 Å². The van der Waals surface area contributed by atoms with E-state index in [9.17, 15) is 4.79 Å². The molecule has 1 aliphatic rings. The van der Waals surface area contributed by atoms with E-state index in [0.717, 1.165) is 79.3 Å². The third kappa shape index (κ3) is 10.1. The molecule has 0 spiro atoms. The maximum atomic E-state index is 12.3. The first-order valence-corrected chi connectivity index (χ1v) is 15.0. The number of hydrogen-bond acceptors (Lipinski definition) is 6. The van der Waals surface area contributed by atoms with Crippen LogP contribution < -0.4 is 15.5 Å². The van der Waals surface area contributed by atoms with Gasteiger partial charge in [0.05, 0.1) is 0 Å². The van der Waals surface area contributed by atoms with Gasteiger partial charge in [-0.15, -0.1) is 0 Å². The maximum absolute atomic E-state index is 12.3. The molecule has 2 heterocycles. The van der Waals surface area contributed by atoms with Gasteiger partial charge in [0.15, 0.2) is 0 Å². The zero-order chi connectivity index (χ0) is 30.4. The van der Waals surface area contributed by atoms with Gasteiger partial charge in [0.2, 0.25) is 0 Å². The van der Waals surface area contributed by atoms with Crippen molar-refractivity contribution in [2.24, 2.45) is 0 Å². The number of unbranched alkanes of at least 4 members (excludes halogenated alkanes) is 1. The van der Waals surface area contributed by atoms with Crippen LogP contribution in [-0.2, 0) is 0 Å². The molecule has 7 nitrogen and oxygen atoms in total. The summed E-state index contributed by atoms with van der Waals surface area (Å²) in [7, 11) is 5.53. The highest BCUT2D eigenvalue weighted by Crippen LogP contribution is 2.25. The van der Waals surface area contributed by atoms with E-state index in [2.05, 4.69) is 77.4 Å². The first kappa shape index (κ1) is 33.6. The van der Waals surface area contributed by atoms with Gasteiger partial charge in [0.1, 0.15) is 0 Å². The SMILES string of the molecule is CC.CCC/C=C(\C=C/Nc1ccnc(C)c1/C=C(\C)CN1CCN(c2ccc(C(=O)N(C)C)cc2C)CC1)NC. The number of nitrogens with one attached hydrogen (secondary N) is 2. The molecule has 1 amide bonds. The van der Waals surface area contributed by atoms with Crippen molar-refractivity contribution in [1.29, 1.82) is 0 Å². The van der Waals surface area contributed by atoms with E-state index >= 15 is 0 Å². The largest absolute Gasteiger partial charge is 0.388 e. The lowest BCUT2D eigenvalue weighted by Gasteiger charge is -2.37. The van der Waals surface area contributed by atoms with E-state index in [0.29, 0.717) is 0 Å². The normalized spacial score (nSPS) is 14.5. The molecular weight excluding hydrogens is 508 g/mol. The molecule has 1 saturated heterocycles. The van der Waals surface area contributed by atoms with E-state index in [1.54, 1.807) is 19.0 Å². The number of piperazine rings is 1. The minimum Gasteiger partial charge on any atom is -0.388 e. The van der Waals surface area contributed by atoms with Crippen LogP contribution in [0.25, 0.3) is 6.08 Å². The Hall–Kier alpha value is -3.58. The number of likely N-dealkylation sites (N-methyl/N-ethyl adjacent to an activating group) is 1. The number of carbonyl (C=O) groups excluding carboxylic acids is 1. The van der Waals surface area contributed by atoms with Crippen LogP contribution in [0.2, 0.25) is 0 Å². The molecule has 41 heavy (non-hydrogen) atoms. The topological polar surface area (TPSA) is 63.7 Å². The average Bonchev–Trinajstić information content (AvgIpc) is 2.97. The Labute approximate surface area is 249 Å². The van der Waals surface area contributed by atoms with E-state index in [-0.39, 0.29) is 5.91 Å². The van der Waals surface area contributed by atoms with E-state index < -0.39 is 0 Å². The Morgan fingerprint density at radius 2 is 1.80 bits per heavy atom. The number of benzene rings is 1. The Morgan fingerprint density at radius 3 is 2.41 bits per heavy atom. The lowest BCUT2D eigenvalue weighted by atomic mass is 10.1. The summed E-state index contributed by atoms with van der Waals surface area (Å²) in [6.45, 7) is 17.4. The van der Waals surface area contributed by atoms with Gasteiger partial charge in [-0.3, -0.25) is 14.7 Å². The van der Waals surface area contributed by atoms with Gasteiger partial charge in [-0.05, 0) is 63.1 Å². The predicted molar refractivity (Wildman–Crippen MR) is 177 cm³/mol. The third-order valence-electron chi connectivity index (χ3n) is 7.06. The zero-order valence-corrected chi connectivity index (χ0v) is 26.8. The highest BCUT2D eigenvalue weighted by molar-refractivity contribution is 5.94. The van der Waals surface area contributed by atoms with E-state index in [4.69, 9.17) is 0 Å². The van der Waals surface area contributed by atoms with Crippen molar-refractivity contribution in [3.05, 3.63) is 82.5 Å². The molecule has 0 radical (unpaired) electrons. The second-order valence-corrected chi connectivity index (χ2v) is 10.5. The van der Waals surface area contributed by atoms with E-state index in [1.165, 1.54) is 11.3 Å². The van der Waals surface area contributed by atoms with Crippen molar-refractivity contribution in [2.75, 3.05) is 64.1 Å². The van der Waals surface area contributed by atoms with Crippen LogP contribution in [0.1, 0.15) is 67.7 Å². The third-order valence-corrected chi connectivity index (χ3v) is 7.06. The summed E-state index contributed by atoms with van der Waals surface area (Å²) in [6, 6.07) is 8.08. The summed E-state index contributed by atoms with van der Waals surface area (Å²) in [4.78, 5) is 23.4. The summed E-state index contributed by atoms with van der Waals surface area (Å²) >= 11 is 0. The number of nitrogens with zero attached hydrogens (tertiary/aromatic N) is 4. The van der Waals surface area contributed by atoms with Crippen molar-refractivity contribution in [3.63, 3.8) is 0 Å². The zero-order valence-electron chi connectivity index (χ0n) is 26.8. The van der Waals surface area contributed by atoms with Gasteiger partial charge in [-0.25, -0.2) is 0 Å². The van der Waals surface area contributed by atoms with Crippen molar-refractivity contribution >= 4 is 23.4 Å². The highest BCUT2D eigenvalue weighted by atomic mass is 16.2. The number of aromatic nitrogens is 1. The van der Waals surface area contributed by atoms with Crippen molar-refractivity contribution in [3.8, 4) is 0 Å². The molecule has 1 fully saturated rings. The van der Waals surface area contributed by atoms with Crippen LogP contribution in [0.3, 0.4) is 0 Å². The molecule has 0 bridgehead atoms. The molecule has 7 heteroatoms. The predicted octanol–water partition coefficient (Wildman–Crippen LogP) is 6.48. The number of rotatable bonds is 11. The van der Waals surface area contributed by atoms with Gasteiger partial charge < -0.3 is 20.4 Å². The maximum Gasteiger partial charge on any atom is 0.253 e. The van der Waals surface area contributed by atoms with Crippen LogP contribution in [0.5, 0.6) is 0 Å². The van der Waals surface area contributed by atoms with Crippen molar-refractivity contribution in [2.45, 2.75) is 54.4 Å². The molecule has 3 rings (SSSR count). The quantitative estimate of drug-likeness (QED) is 0.307. The standard InChI is InChI=1S/C32H46N6O.C2H6/c1-8-9-10-28(33-5)13-15-35-30-14-16-34-26(4)29(30)21-24(2)23-37-17-19-38(20-18-37)31-12-11-27(22-25(31)3)32(39)36(6)7;1-2/h10-16,21-22,33H,8-9,17-20,23H2,1-7H3,(H,34,35);1-2H3/b15-13-,24-21+,28-10+;. The molecule has 1 aliphatic heterocycles. The molecule has 0 aliphatic carbocycles. The summed E-state index contributed by atoms with van der Waals surface area (Å²) in [5.41, 5.74) is 8.73. The minimum absolute atomic E-state index is 0.0430. The van der Waals surface area contributed by atoms with E-state index in [1.807, 2.05) is 51.5 Å². The molecule has 224 valence electrons. The van der Waals surface area contributed by atoms with Crippen LogP contribution in [0.4, 0.5) is 11.4 Å². The first-order valence-electron chi connectivity index (χ1n) is 15.0. The molecule has 0 atom stereocenters. The minimum atomic E-state index is 0.0430. The summed E-state index contributed by atoms with van der Waals surface area (Å²) < 4.78 is 0. The molecule has 2 N–H and O–H groups in total. The number of amides is 1. The summed E-state index contributed by atoms with van der Waals surface area (Å²) in [6.07, 6.45) is 12.6. The molecular formula is C34H52N6O. The van der Waals surface area contributed by atoms with Crippen molar-refractivity contribution < 1.29 is 4.79 Å². The Kier molecular flexibility index (Phi) is 14.2. The molecule has 0 unspecified atom stereocenters. The molecule has 2 aromatic rings. The van der Waals surface area contributed by atoms with Crippen LogP contribution >= 0.6 is 0 Å². The monoisotopic (exact) mass is 560 g/mol. The number of carbonyl (C=O) groups is 1. The number of anilines is 2. The smallest absolute Gasteiger partial charge is 0.253 e. The van der Waals surface area contributed by atoms with Gasteiger partial charge in [-0.2, -0.15) is 0 Å². The molecule has 1 aromatic carbocycles. The van der Waals surface area contributed by atoms with Gasteiger partial charge in [0, 0.05) is 100 Å². The average molecular weight is 561 g/mol. The lowest BCUT2D eigenvalue weighted by molar-refractivity contribution is 0.0827. The number of hydrogen-bond donors (Lipinski definition) is 2. The number of pyridine rings is 1. The number of allylic oxidation sites excluding steroid dienone is 2. The summed E-state index contributed by atoms with van der Waals surface area (Å²) in [5.74, 6) is 0.0430. The fourth-order valence-corrected chi connectivity index (χ4v) is 4.85. The second-order valence-electron chi connectivity index (χ2n) is 10.5. The molecule has 0 saturated carbocycles. The van der Waals surface area contributed by atoms with Gasteiger partial charge in [0.25, 0.3) is 5.91 Å². The highest BCUT2D eigenvalue weighted by Gasteiger charge is 2.20. The van der Waals surface area contributed by atoms with Gasteiger partial charge in [-0.1, -0.05) is 44.9 Å². The Balaban J connectivity index is 0.00000287. The van der Waals surface area contributed by atoms with Crippen LogP contribution in [0.15, 0.2) is 60.1 Å². The summed E-state index contributed by atoms with van der Waals surface area (Å²) in [5, 5.41) is 6.70. The Morgan fingerprint density at radius 1 is 1.10 bits per heavy atom. The lowest BCUT2D eigenvalue weighted by Crippen LogP contribution is -2.47. The first-order chi connectivity index (χ1) is 19.7. The Bertz CT molecular complexity index is 1210. The fourth-order valence-electron chi connectivity index (χ4n) is 4.85.